The molecule has 0 saturated carbocycles. The van der Waals surface area contributed by atoms with E-state index < -0.39 is 0 Å². The Labute approximate surface area is 115 Å². The Kier molecular flexibility index (Phi) is 2.83. The SMILES string of the molecule is Cc1ccc(N)cc1-c1nc(-c2cccs2)nn1C. The minimum absolute atomic E-state index is 0.737. The van der Waals surface area contributed by atoms with Gasteiger partial charge in [0.25, 0.3) is 0 Å². The van der Waals surface area contributed by atoms with Gasteiger partial charge in [-0.1, -0.05) is 12.1 Å². The smallest absolute Gasteiger partial charge is 0.191 e. The van der Waals surface area contributed by atoms with Crippen LogP contribution in [0.15, 0.2) is 35.7 Å². The molecule has 0 amide bonds. The molecule has 96 valence electrons. The van der Waals surface area contributed by atoms with Gasteiger partial charge in [-0.2, -0.15) is 0 Å². The van der Waals surface area contributed by atoms with Gasteiger partial charge in [0, 0.05) is 18.3 Å². The van der Waals surface area contributed by atoms with Crippen molar-refractivity contribution in [3.63, 3.8) is 0 Å². The molecule has 0 aliphatic carbocycles. The topological polar surface area (TPSA) is 56.7 Å². The number of hydrogen-bond donors (Lipinski definition) is 1. The first-order valence-electron chi connectivity index (χ1n) is 5.96. The number of anilines is 1. The van der Waals surface area contributed by atoms with Gasteiger partial charge in [-0.3, -0.25) is 0 Å². The lowest BCUT2D eigenvalue weighted by Gasteiger charge is -2.05. The Morgan fingerprint density at radius 1 is 1.26 bits per heavy atom. The summed E-state index contributed by atoms with van der Waals surface area (Å²) in [6.07, 6.45) is 0. The second kappa shape index (κ2) is 4.51. The van der Waals surface area contributed by atoms with Crippen molar-refractivity contribution < 1.29 is 0 Å². The predicted octanol–water partition coefficient (Wildman–Crippen LogP) is 3.10. The summed E-state index contributed by atoms with van der Waals surface area (Å²) in [7, 11) is 1.90. The molecule has 0 bridgehead atoms. The summed E-state index contributed by atoms with van der Waals surface area (Å²) in [5.41, 5.74) is 8.77. The average molecular weight is 270 g/mol. The lowest BCUT2D eigenvalue weighted by atomic mass is 10.1. The highest BCUT2D eigenvalue weighted by atomic mass is 32.1. The number of aryl methyl sites for hydroxylation is 2. The van der Waals surface area contributed by atoms with Gasteiger partial charge in [0.05, 0.1) is 4.88 Å². The monoisotopic (exact) mass is 270 g/mol. The summed E-state index contributed by atoms with van der Waals surface area (Å²) in [6, 6.07) is 9.87. The van der Waals surface area contributed by atoms with Gasteiger partial charge in [-0.15, -0.1) is 16.4 Å². The van der Waals surface area contributed by atoms with Crippen LogP contribution in [0, 0.1) is 6.92 Å². The van der Waals surface area contributed by atoms with Crippen molar-refractivity contribution in [3.05, 3.63) is 41.3 Å². The quantitative estimate of drug-likeness (QED) is 0.728. The molecule has 3 aromatic rings. The van der Waals surface area contributed by atoms with Crippen molar-refractivity contribution in [2.45, 2.75) is 6.92 Å². The lowest BCUT2D eigenvalue weighted by Crippen LogP contribution is -1.97. The van der Waals surface area contributed by atoms with E-state index in [-0.39, 0.29) is 0 Å². The number of hydrogen-bond acceptors (Lipinski definition) is 4. The third-order valence-corrected chi connectivity index (χ3v) is 3.87. The lowest BCUT2D eigenvalue weighted by molar-refractivity contribution is 0.777. The largest absolute Gasteiger partial charge is 0.399 e. The Balaban J connectivity index is 2.13. The number of nitrogen functional groups attached to an aromatic ring is 1. The molecular formula is C14H14N4S. The zero-order valence-corrected chi connectivity index (χ0v) is 11.6. The number of rotatable bonds is 2. The maximum Gasteiger partial charge on any atom is 0.191 e. The molecule has 2 heterocycles. The summed E-state index contributed by atoms with van der Waals surface area (Å²) in [4.78, 5) is 5.70. The fourth-order valence-corrected chi connectivity index (χ4v) is 2.66. The zero-order chi connectivity index (χ0) is 13.4. The molecule has 1 aromatic carbocycles. The third kappa shape index (κ3) is 2.13. The highest BCUT2D eigenvalue weighted by Gasteiger charge is 2.13. The van der Waals surface area contributed by atoms with Crippen molar-refractivity contribution in [2.24, 2.45) is 7.05 Å². The fraction of sp³-hybridized carbons (Fsp3) is 0.143. The van der Waals surface area contributed by atoms with E-state index in [1.165, 1.54) is 0 Å². The molecule has 4 nitrogen and oxygen atoms in total. The van der Waals surface area contributed by atoms with Crippen molar-refractivity contribution in [2.75, 3.05) is 5.73 Å². The number of aromatic nitrogens is 3. The number of thiophene rings is 1. The van der Waals surface area contributed by atoms with Gasteiger partial charge >= 0.3 is 0 Å². The molecule has 0 aliphatic rings. The zero-order valence-electron chi connectivity index (χ0n) is 10.8. The van der Waals surface area contributed by atoms with E-state index in [2.05, 4.69) is 10.1 Å². The standard InChI is InChI=1S/C14H14N4S/c1-9-5-6-10(15)8-11(9)14-16-13(17-18(14)2)12-4-3-7-19-12/h3-8H,15H2,1-2H3. The van der Waals surface area contributed by atoms with Gasteiger partial charge in [-0.25, -0.2) is 9.67 Å². The first-order chi connectivity index (χ1) is 9.15. The summed E-state index contributed by atoms with van der Waals surface area (Å²) < 4.78 is 1.80. The van der Waals surface area contributed by atoms with E-state index in [0.717, 1.165) is 33.3 Å². The number of benzene rings is 1. The molecule has 3 rings (SSSR count). The highest BCUT2D eigenvalue weighted by Crippen LogP contribution is 2.27. The second-order valence-corrected chi connectivity index (χ2v) is 5.38. The van der Waals surface area contributed by atoms with Crippen molar-refractivity contribution >= 4 is 17.0 Å². The van der Waals surface area contributed by atoms with Crippen LogP contribution in [0.4, 0.5) is 5.69 Å². The second-order valence-electron chi connectivity index (χ2n) is 4.43. The number of nitrogens with two attached hydrogens (primary N) is 1. The molecule has 5 heteroatoms. The van der Waals surface area contributed by atoms with Crippen molar-refractivity contribution in [3.8, 4) is 22.1 Å². The molecule has 0 aliphatic heterocycles. The van der Waals surface area contributed by atoms with E-state index in [1.807, 2.05) is 49.7 Å². The van der Waals surface area contributed by atoms with Crippen molar-refractivity contribution in [1.29, 1.82) is 0 Å². The Morgan fingerprint density at radius 3 is 2.84 bits per heavy atom. The molecule has 19 heavy (non-hydrogen) atoms. The van der Waals surface area contributed by atoms with E-state index in [4.69, 9.17) is 5.73 Å². The van der Waals surface area contributed by atoms with Gasteiger partial charge in [0.15, 0.2) is 11.6 Å². The molecule has 0 radical (unpaired) electrons. The summed E-state index contributed by atoms with van der Waals surface area (Å²) in [5, 5.41) is 6.50. The maximum atomic E-state index is 5.86. The Hall–Kier alpha value is -2.14. The fourth-order valence-electron chi connectivity index (χ4n) is 2.01. The highest BCUT2D eigenvalue weighted by molar-refractivity contribution is 7.13. The maximum absolute atomic E-state index is 5.86. The third-order valence-electron chi connectivity index (χ3n) is 3.01. The molecule has 0 unspecified atom stereocenters. The molecular weight excluding hydrogens is 256 g/mol. The van der Waals surface area contributed by atoms with E-state index >= 15 is 0 Å². The average Bonchev–Trinajstić information content (AvgIpc) is 3.01. The molecule has 0 saturated heterocycles. The predicted molar refractivity (Wildman–Crippen MR) is 78.9 cm³/mol. The van der Waals surface area contributed by atoms with Crippen molar-refractivity contribution in [1.82, 2.24) is 14.8 Å². The van der Waals surface area contributed by atoms with Crippen LogP contribution in [0.3, 0.4) is 0 Å². The van der Waals surface area contributed by atoms with Crippen LogP contribution in [-0.4, -0.2) is 14.8 Å². The first-order valence-corrected chi connectivity index (χ1v) is 6.84. The van der Waals surface area contributed by atoms with Gasteiger partial charge in [0.1, 0.15) is 0 Å². The van der Waals surface area contributed by atoms with Gasteiger partial charge < -0.3 is 5.73 Å². The molecule has 0 fully saturated rings. The number of nitrogens with zero attached hydrogens (tertiary/aromatic N) is 3. The van der Waals surface area contributed by atoms with Crippen LogP contribution in [0.25, 0.3) is 22.1 Å². The van der Waals surface area contributed by atoms with Gasteiger partial charge in [0.2, 0.25) is 0 Å². The van der Waals surface area contributed by atoms with Crippen LogP contribution in [0.5, 0.6) is 0 Å². The Bertz CT molecular complexity index is 713. The summed E-state index contributed by atoms with van der Waals surface area (Å²) in [6.45, 7) is 2.05. The molecule has 2 N–H and O–H groups in total. The van der Waals surface area contributed by atoms with Crippen LogP contribution in [0.2, 0.25) is 0 Å². The molecule has 2 aromatic heterocycles. The minimum atomic E-state index is 0.737. The van der Waals surface area contributed by atoms with Crippen LogP contribution in [-0.2, 0) is 7.05 Å². The van der Waals surface area contributed by atoms with Crippen LogP contribution < -0.4 is 5.73 Å². The van der Waals surface area contributed by atoms with Gasteiger partial charge in [-0.05, 0) is 36.1 Å². The summed E-state index contributed by atoms with van der Waals surface area (Å²) in [5.74, 6) is 1.60. The molecule has 0 atom stereocenters. The first kappa shape index (κ1) is 11.9. The Morgan fingerprint density at radius 2 is 2.11 bits per heavy atom. The normalized spacial score (nSPS) is 10.8. The summed E-state index contributed by atoms with van der Waals surface area (Å²) >= 11 is 1.64. The van der Waals surface area contributed by atoms with E-state index in [9.17, 15) is 0 Å². The van der Waals surface area contributed by atoms with Crippen LogP contribution in [0.1, 0.15) is 5.56 Å². The van der Waals surface area contributed by atoms with Crippen LogP contribution >= 0.6 is 11.3 Å². The minimum Gasteiger partial charge on any atom is -0.399 e. The van der Waals surface area contributed by atoms with E-state index in [1.54, 1.807) is 16.0 Å². The molecule has 0 spiro atoms. The van der Waals surface area contributed by atoms with E-state index in [0.29, 0.717) is 0 Å².